The summed E-state index contributed by atoms with van der Waals surface area (Å²) in [6, 6.07) is 12.4. The molecule has 0 unspecified atom stereocenters. The first kappa shape index (κ1) is 19.5. The molecule has 3 rings (SSSR count). The standard InChI is InChI=1S/C18H16Cl2N4O2S/c1-11(17(25)22-14-8-12(19)7-13(20)9-14)27-18-23-21-10-24(18)15-3-5-16(26-2)6-4-15/h3-11H,1-2H3,(H,22,25)/t11-/m0/s1. The first-order chi connectivity index (χ1) is 13.0. The van der Waals surface area contributed by atoms with Gasteiger partial charge in [-0.3, -0.25) is 9.36 Å². The van der Waals surface area contributed by atoms with E-state index in [4.69, 9.17) is 27.9 Å². The molecular formula is C18H16Cl2N4O2S. The van der Waals surface area contributed by atoms with E-state index in [-0.39, 0.29) is 5.91 Å². The van der Waals surface area contributed by atoms with Crippen molar-refractivity contribution in [2.45, 2.75) is 17.3 Å². The molecule has 27 heavy (non-hydrogen) atoms. The molecule has 1 atom stereocenters. The Bertz CT molecular complexity index is 927. The SMILES string of the molecule is COc1ccc(-n2cnnc2S[C@@H](C)C(=O)Nc2cc(Cl)cc(Cl)c2)cc1. The molecular weight excluding hydrogens is 407 g/mol. The fraction of sp³-hybridized carbons (Fsp3) is 0.167. The minimum atomic E-state index is -0.413. The second-order valence-electron chi connectivity index (χ2n) is 5.59. The van der Waals surface area contributed by atoms with Gasteiger partial charge in [0.25, 0.3) is 0 Å². The highest BCUT2D eigenvalue weighted by Gasteiger charge is 2.19. The number of ether oxygens (including phenoxy) is 1. The lowest BCUT2D eigenvalue weighted by atomic mass is 10.3. The number of carbonyl (C=O) groups is 1. The lowest BCUT2D eigenvalue weighted by Crippen LogP contribution is -2.22. The maximum absolute atomic E-state index is 12.5. The first-order valence-corrected chi connectivity index (χ1v) is 9.58. The van der Waals surface area contributed by atoms with E-state index in [0.29, 0.717) is 20.9 Å². The van der Waals surface area contributed by atoms with Gasteiger partial charge < -0.3 is 10.1 Å². The van der Waals surface area contributed by atoms with Gasteiger partial charge in [-0.05, 0) is 49.4 Å². The number of nitrogens with zero attached hydrogens (tertiary/aromatic N) is 3. The third-order valence-electron chi connectivity index (χ3n) is 3.65. The average molecular weight is 423 g/mol. The molecule has 0 aliphatic rings. The number of thioether (sulfide) groups is 1. The summed E-state index contributed by atoms with van der Waals surface area (Å²) in [6.45, 7) is 1.79. The van der Waals surface area contributed by atoms with Gasteiger partial charge in [0.1, 0.15) is 12.1 Å². The van der Waals surface area contributed by atoms with Crippen LogP contribution in [0.15, 0.2) is 53.9 Å². The fourth-order valence-corrected chi connectivity index (χ4v) is 3.67. The van der Waals surface area contributed by atoms with Crippen molar-refractivity contribution in [3.63, 3.8) is 0 Å². The molecule has 1 heterocycles. The van der Waals surface area contributed by atoms with Gasteiger partial charge >= 0.3 is 0 Å². The average Bonchev–Trinajstić information content (AvgIpc) is 3.09. The molecule has 6 nitrogen and oxygen atoms in total. The van der Waals surface area contributed by atoms with Crippen LogP contribution in [0.2, 0.25) is 10.0 Å². The van der Waals surface area contributed by atoms with Crippen molar-refractivity contribution in [2.75, 3.05) is 12.4 Å². The van der Waals surface area contributed by atoms with Crippen LogP contribution < -0.4 is 10.1 Å². The van der Waals surface area contributed by atoms with E-state index in [1.54, 1.807) is 38.6 Å². The van der Waals surface area contributed by atoms with Gasteiger partial charge in [-0.25, -0.2) is 0 Å². The van der Waals surface area contributed by atoms with Crippen molar-refractivity contribution in [3.8, 4) is 11.4 Å². The zero-order valence-corrected chi connectivity index (χ0v) is 16.8. The van der Waals surface area contributed by atoms with E-state index in [0.717, 1.165) is 11.4 Å². The van der Waals surface area contributed by atoms with Crippen molar-refractivity contribution in [2.24, 2.45) is 0 Å². The van der Waals surface area contributed by atoms with Gasteiger partial charge in [-0.2, -0.15) is 0 Å². The van der Waals surface area contributed by atoms with E-state index in [1.807, 2.05) is 28.8 Å². The number of nitrogens with one attached hydrogen (secondary N) is 1. The Hall–Kier alpha value is -2.22. The smallest absolute Gasteiger partial charge is 0.237 e. The Kier molecular flexibility index (Phi) is 6.26. The van der Waals surface area contributed by atoms with Crippen LogP contribution in [-0.2, 0) is 4.79 Å². The summed E-state index contributed by atoms with van der Waals surface area (Å²) in [7, 11) is 1.61. The topological polar surface area (TPSA) is 69.0 Å². The summed E-state index contributed by atoms with van der Waals surface area (Å²) in [6.07, 6.45) is 1.60. The van der Waals surface area contributed by atoms with Gasteiger partial charge in [0.2, 0.25) is 5.91 Å². The molecule has 3 aromatic rings. The monoisotopic (exact) mass is 422 g/mol. The zero-order valence-electron chi connectivity index (χ0n) is 14.5. The normalized spacial score (nSPS) is 11.9. The van der Waals surface area contributed by atoms with Crippen molar-refractivity contribution in [1.82, 2.24) is 14.8 Å². The van der Waals surface area contributed by atoms with Gasteiger partial charge in [0.05, 0.1) is 12.4 Å². The van der Waals surface area contributed by atoms with Crippen LogP contribution >= 0.6 is 35.0 Å². The molecule has 0 radical (unpaired) electrons. The molecule has 0 fully saturated rings. The number of carbonyl (C=O) groups excluding carboxylic acids is 1. The quantitative estimate of drug-likeness (QED) is 0.582. The van der Waals surface area contributed by atoms with Crippen molar-refractivity contribution in [1.29, 1.82) is 0 Å². The molecule has 1 N–H and O–H groups in total. The fourth-order valence-electron chi connectivity index (χ4n) is 2.31. The first-order valence-electron chi connectivity index (χ1n) is 7.94. The van der Waals surface area contributed by atoms with Gasteiger partial charge in [0.15, 0.2) is 5.16 Å². The van der Waals surface area contributed by atoms with E-state index in [1.165, 1.54) is 11.8 Å². The molecule has 0 saturated heterocycles. The minimum Gasteiger partial charge on any atom is -0.497 e. The molecule has 2 aromatic carbocycles. The Morgan fingerprint density at radius 3 is 2.48 bits per heavy atom. The van der Waals surface area contributed by atoms with Gasteiger partial charge in [-0.1, -0.05) is 35.0 Å². The summed E-state index contributed by atoms with van der Waals surface area (Å²) in [4.78, 5) is 12.5. The van der Waals surface area contributed by atoms with Crippen LogP contribution in [0, 0.1) is 0 Å². The van der Waals surface area contributed by atoms with E-state index >= 15 is 0 Å². The molecule has 0 bridgehead atoms. The largest absolute Gasteiger partial charge is 0.497 e. The van der Waals surface area contributed by atoms with Crippen LogP contribution in [-0.4, -0.2) is 33.0 Å². The second kappa shape index (κ2) is 8.65. The molecule has 0 aliphatic heterocycles. The third-order valence-corrected chi connectivity index (χ3v) is 5.14. The molecule has 140 valence electrons. The number of anilines is 1. The van der Waals surface area contributed by atoms with Crippen LogP contribution in [0.25, 0.3) is 5.69 Å². The molecule has 9 heteroatoms. The van der Waals surface area contributed by atoms with Crippen molar-refractivity contribution >= 4 is 46.6 Å². The highest BCUT2D eigenvalue weighted by atomic mass is 35.5. The molecule has 0 saturated carbocycles. The Morgan fingerprint density at radius 2 is 1.85 bits per heavy atom. The van der Waals surface area contributed by atoms with Crippen LogP contribution in [0.3, 0.4) is 0 Å². The number of amides is 1. The number of hydrogen-bond donors (Lipinski definition) is 1. The molecule has 1 amide bonds. The maximum Gasteiger partial charge on any atom is 0.237 e. The number of aromatic nitrogens is 3. The number of hydrogen-bond acceptors (Lipinski definition) is 5. The molecule has 0 aliphatic carbocycles. The van der Waals surface area contributed by atoms with Crippen molar-refractivity contribution in [3.05, 3.63) is 58.8 Å². The number of rotatable bonds is 6. The lowest BCUT2D eigenvalue weighted by Gasteiger charge is -2.13. The summed E-state index contributed by atoms with van der Waals surface area (Å²) in [5, 5.41) is 12.0. The van der Waals surface area contributed by atoms with E-state index < -0.39 is 5.25 Å². The van der Waals surface area contributed by atoms with Gasteiger partial charge in [0, 0.05) is 21.4 Å². The minimum absolute atomic E-state index is 0.192. The summed E-state index contributed by atoms with van der Waals surface area (Å²) < 4.78 is 6.98. The molecule has 0 spiro atoms. The summed E-state index contributed by atoms with van der Waals surface area (Å²) in [5.74, 6) is 0.566. The summed E-state index contributed by atoms with van der Waals surface area (Å²) in [5.41, 5.74) is 1.42. The highest BCUT2D eigenvalue weighted by molar-refractivity contribution is 8.00. The number of benzene rings is 2. The van der Waals surface area contributed by atoms with E-state index in [2.05, 4.69) is 15.5 Å². The Balaban J connectivity index is 1.71. The highest BCUT2D eigenvalue weighted by Crippen LogP contribution is 2.27. The Morgan fingerprint density at radius 1 is 1.19 bits per heavy atom. The van der Waals surface area contributed by atoms with Crippen LogP contribution in [0.5, 0.6) is 5.75 Å². The number of methoxy groups -OCH3 is 1. The predicted octanol–water partition coefficient (Wildman–Crippen LogP) is 4.70. The second-order valence-corrected chi connectivity index (χ2v) is 7.77. The lowest BCUT2D eigenvalue weighted by molar-refractivity contribution is -0.115. The maximum atomic E-state index is 12.5. The third kappa shape index (κ3) is 4.94. The Labute approximate surface area is 170 Å². The van der Waals surface area contributed by atoms with E-state index in [9.17, 15) is 4.79 Å². The van der Waals surface area contributed by atoms with Crippen molar-refractivity contribution < 1.29 is 9.53 Å². The molecule has 1 aromatic heterocycles. The number of halogens is 2. The predicted molar refractivity (Wildman–Crippen MR) is 108 cm³/mol. The van der Waals surface area contributed by atoms with Crippen LogP contribution in [0.4, 0.5) is 5.69 Å². The summed E-state index contributed by atoms with van der Waals surface area (Å²) >= 11 is 13.2. The zero-order chi connectivity index (χ0) is 19.4. The van der Waals surface area contributed by atoms with Gasteiger partial charge in [-0.15, -0.1) is 10.2 Å². The van der Waals surface area contributed by atoms with Crippen LogP contribution in [0.1, 0.15) is 6.92 Å².